The van der Waals surface area contributed by atoms with E-state index in [1.807, 2.05) is 30.3 Å². The molecule has 0 bridgehead atoms. The summed E-state index contributed by atoms with van der Waals surface area (Å²) in [7, 11) is 0. The van der Waals surface area contributed by atoms with Gasteiger partial charge in [0, 0.05) is 31.0 Å². The Bertz CT molecular complexity index is 817. The number of rotatable bonds is 6. The average molecular weight is 399 g/mol. The number of para-hydroxylation sites is 1. The van der Waals surface area contributed by atoms with E-state index in [0.717, 1.165) is 17.1 Å². The first-order valence-electron chi connectivity index (χ1n) is 10.2. The molecule has 1 N–H and O–H groups in total. The highest BCUT2D eigenvalue weighted by Gasteiger charge is 2.33. The molecule has 4 rings (SSSR count). The molecule has 1 saturated carbocycles. The standard InChI is InChI=1S/C21H26N4O2S/c26-18(12-11-15-7-3-1-4-8-15)22-21-24-23-20(28-21)16-13-19(27)25(14-16)17-9-5-2-6-10-17/h2,5-6,9-10,15-16H,1,3-4,7-8,11-14H2,(H,22,24,26)/t16-/m1/s1. The third-order valence-electron chi connectivity index (χ3n) is 5.73. The number of carbonyl (C=O) groups excluding carboxylic acids is 2. The Hall–Kier alpha value is -2.28. The Morgan fingerprint density at radius 2 is 1.93 bits per heavy atom. The van der Waals surface area contributed by atoms with E-state index in [0.29, 0.717) is 30.4 Å². The zero-order chi connectivity index (χ0) is 19.3. The van der Waals surface area contributed by atoms with Crippen LogP contribution in [0.3, 0.4) is 0 Å². The highest BCUT2D eigenvalue weighted by Crippen LogP contribution is 2.34. The van der Waals surface area contributed by atoms with E-state index in [4.69, 9.17) is 0 Å². The molecule has 2 amide bonds. The molecule has 0 unspecified atom stereocenters. The van der Waals surface area contributed by atoms with E-state index in [1.54, 1.807) is 4.90 Å². The molecule has 28 heavy (non-hydrogen) atoms. The van der Waals surface area contributed by atoms with Crippen LogP contribution in [-0.2, 0) is 9.59 Å². The van der Waals surface area contributed by atoms with Gasteiger partial charge in [-0.25, -0.2) is 0 Å². The van der Waals surface area contributed by atoms with Crippen molar-refractivity contribution >= 4 is 34.0 Å². The van der Waals surface area contributed by atoms with Crippen molar-refractivity contribution in [2.24, 2.45) is 5.92 Å². The molecule has 7 heteroatoms. The summed E-state index contributed by atoms with van der Waals surface area (Å²) in [6, 6.07) is 9.69. The SMILES string of the molecule is O=C(CCC1CCCCC1)Nc1nnc([C@@H]2CC(=O)N(c3ccccc3)C2)s1. The largest absolute Gasteiger partial charge is 0.312 e. The highest BCUT2D eigenvalue weighted by atomic mass is 32.1. The Labute approximate surface area is 169 Å². The number of nitrogens with zero attached hydrogens (tertiary/aromatic N) is 3. The van der Waals surface area contributed by atoms with Gasteiger partial charge in [0.05, 0.1) is 0 Å². The number of carbonyl (C=O) groups is 2. The maximum absolute atomic E-state index is 12.4. The number of benzene rings is 1. The van der Waals surface area contributed by atoms with Crippen LogP contribution in [0.25, 0.3) is 0 Å². The fraction of sp³-hybridized carbons (Fsp3) is 0.524. The summed E-state index contributed by atoms with van der Waals surface area (Å²) in [6.07, 6.45) is 8.37. The van der Waals surface area contributed by atoms with Gasteiger partial charge < -0.3 is 10.2 Å². The van der Waals surface area contributed by atoms with Gasteiger partial charge in [0.2, 0.25) is 16.9 Å². The van der Waals surface area contributed by atoms with Crippen LogP contribution >= 0.6 is 11.3 Å². The number of amides is 2. The van der Waals surface area contributed by atoms with E-state index in [1.165, 1.54) is 43.4 Å². The number of anilines is 2. The van der Waals surface area contributed by atoms with Crippen LogP contribution in [-0.4, -0.2) is 28.6 Å². The van der Waals surface area contributed by atoms with Gasteiger partial charge in [0.25, 0.3) is 0 Å². The lowest BCUT2D eigenvalue weighted by Crippen LogP contribution is -2.24. The van der Waals surface area contributed by atoms with E-state index < -0.39 is 0 Å². The fourth-order valence-electron chi connectivity index (χ4n) is 4.17. The molecule has 1 atom stereocenters. The maximum atomic E-state index is 12.4. The maximum Gasteiger partial charge on any atom is 0.227 e. The molecule has 1 aromatic carbocycles. The second-order valence-electron chi connectivity index (χ2n) is 7.78. The van der Waals surface area contributed by atoms with Crippen molar-refractivity contribution in [1.82, 2.24) is 10.2 Å². The average Bonchev–Trinajstić information content (AvgIpc) is 3.34. The minimum absolute atomic E-state index is 0.0154. The summed E-state index contributed by atoms with van der Waals surface area (Å²) in [5.41, 5.74) is 0.913. The topological polar surface area (TPSA) is 75.2 Å². The van der Waals surface area contributed by atoms with Crippen LogP contribution in [0.5, 0.6) is 0 Å². The zero-order valence-electron chi connectivity index (χ0n) is 16.0. The predicted molar refractivity (Wildman–Crippen MR) is 111 cm³/mol. The molecule has 2 aliphatic rings. The van der Waals surface area contributed by atoms with E-state index in [-0.39, 0.29) is 17.7 Å². The highest BCUT2D eigenvalue weighted by molar-refractivity contribution is 7.15. The van der Waals surface area contributed by atoms with Crippen LogP contribution in [0.2, 0.25) is 0 Å². The minimum atomic E-state index is 0.0154. The van der Waals surface area contributed by atoms with E-state index >= 15 is 0 Å². The molecule has 2 aromatic rings. The van der Waals surface area contributed by atoms with Crippen molar-refractivity contribution in [3.8, 4) is 0 Å². The van der Waals surface area contributed by atoms with Gasteiger partial charge in [-0.15, -0.1) is 10.2 Å². The zero-order valence-corrected chi connectivity index (χ0v) is 16.8. The van der Waals surface area contributed by atoms with Gasteiger partial charge in [-0.3, -0.25) is 9.59 Å². The third-order valence-corrected chi connectivity index (χ3v) is 6.73. The van der Waals surface area contributed by atoms with Crippen LogP contribution in [0.15, 0.2) is 30.3 Å². The lowest BCUT2D eigenvalue weighted by Gasteiger charge is -2.20. The Morgan fingerprint density at radius 3 is 2.71 bits per heavy atom. The van der Waals surface area contributed by atoms with Gasteiger partial charge in [-0.2, -0.15) is 0 Å². The monoisotopic (exact) mass is 398 g/mol. The van der Waals surface area contributed by atoms with Crippen molar-refractivity contribution in [2.75, 3.05) is 16.8 Å². The molecule has 1 aliphatic carbocycles. The smallest absolute Gasteiger partial charge is 0.227 e. The minimum Gasteiger partial charge on any atom is -0.312 e. The van der Waals surface area contributed by atoms with Gasteiger partial charge in [-0.05, 0) is 24.5 Å². The van der Waals surface area contributed by atoms with Crippen molar-refractivity contribution in [3.05, 3.63) is 35.3 Å². The van der Waals surface area contributed by atoms with Crippen LogP contribution in [0.4, 0.5) is 10.8 Å². The summed E-state index contributed by atoms with van der Waals surface area (Å²) in [5, 5.41) is 12.6. The molecular weight excluding hydrogens is 372 g/mol. The molecule has 1 saturated heterocycles. The summed E-state index contributed by atoms with van der Waals surface area (Å²) >= 11 is 1.39. The van der Waals surface area contributed by atoms with Crippen LogP contribution in [0.1, 0.15) is 62.3 Å². The molecule has 6 nitrogen and oxygen atoms in total. The van der Waals surface area contributed by atoms with E-state index in [2.05, 4.69) is 15.5 Å². The van der Waals surface area contributed by atoms with Gasteiger partial charge in [0.1, 0.15) is 5.01 Å². The molecule has 0 spiro atoms. The molecule has 2 heterocycles. The number of hydrogen-bond acceptors (Lipinski definition) is 5. The van der Waals surface area contributed by atoms with Crippen molar-refractivity contribution < 1.29 is 9.59 Å². The van der Waals surface area contributed by atoms with Crippen molar-refractivity contribution in [2.45, 2.75) is 57.3 Å². The number of hydrogen-bond donors (Lipinski definition) is 1. The molecular formula is C21H26N4O2S. The first kappa shape index (κ1) is 19.1. The Morgan fingerprint density at radius 1 is 1.14 bits per heavy atom. The van der Waals surface area contributed by atoms with Gasteiger partial charge >= 0.3 is 0 Å². The normalized spacial score (nSPS) is 20.5. The summed E-state index contributed by atoms with van der Waals surface area (Å²) in [4.78, 5) is 26.4. The van der Waals surface area contributed by atoms with E-state index in [9.17, 15) is 9.59 Å². The second-order valence-corrected chi connectivity index (χ2v) is 8.79. The first-order valence-corrected chi connectivity index (χ1v) is 11.0. The Kier molecular flexibility index (Phi) is 6.00. The summed E-state index contributed by atoms with van der Waals surface area (Å²) in [5.74, 6) is 0.835. The lowest BCUT2D eigenvalue weighted by atomic mass is 9.86. The quantitative estimate of drug-likeness (QED) is 0.785. The van der Waals surface area contributed by atoms with Gasteiger partial charge in [-0.1, -0.05) is 61.6 Å². The summed E-state index contributed by atoms with van der Waals surface area (Å²) < 4.78 is 0. The van der Waals surface area contributed by atoms with Crippen LogP contribution < -0.4 is 10.2 Å². The third kappa shape index (κ3) is 4.58. The van der Waals surface area contributed by atoms with Crippen molar-refractivity contribution in [3.63, 3.8) is 0 Å². The van der Waals surface area contributed by atoms with Gasteiger partial charge in [0.15, 0.2) is 0 Å². The number of nitrogens with one attached hydrogen (secondary N) is 1. The second kappa shape index (κ2) is 8.82. The fourth-order valence-corrected chi connectivity index (χ4v) is 5.02. The molecule has 1 aliphatic heterocycles. The first-order chi connectivity index (χ1) is 13.7. The lowest BCUT2D eigenvalue weighted by molar-refractivity contribution is -0.117. The number of aromatic nitrogens is 2. The summed E-state index contributed by atoms with van der Waals surface area (Å²) in [6.45, 7) is 0.604. The molecule has 0 radical (unpaired) electrons. The Balaban J connectivity index is 1.30. The van der Waals surface area contributed by atoms with Crippen LogP contribution in [0, 0.1) is 5.92 Å². The molecule has 1 aromatic heterocycles. The molecule has 2 fully saturated rings. The molecule has 148 valence electrons. The predicted octanol–water partition coefficient (Wildman–Crippen LogP) is 4.36. The van der Waals surface area contributed by atoms with Crippen molar-refractivity contribution in [1.29, 1.82) is 0 Å².